The zero-order valence-corrected chi connectivity index (χ0v) is 6.86. The molecule has 0 aliphatic rings. The van der Waals surface area contributed by atoms with Crippen molar-refractivity contribution in [3.8, 4) is 0 Å². The molecule has 0 aliphatic heterocycles. The third-order valence-electron chi connectivity index (χ3n) is 0.907. The average Bonchev–Trinajstić information content (AvgIpc) is 1.88. The second-order valence-corrected chi connectivity index (χ2v) is 1.79. The second-order valence-electron chi connectivity index (χ2n) is 1.79. The Morgan fingerprint density at radius 1 is 1.09 bits per heavy atom. The molecule has 1 rings (SSSR count). The van der Waals surface area contributed by atoms with Crippen molar-refractivity contribution in [2.24, 2.45) is 0 Å². The highest BCUT2D eigenvalue weighted by Gasteiger charge is 1.95. The normalized spacial score (nSPS) is 8.45. The van der Waals surface area contributed by atoms with Crippen LogP contribution in [0.4, 0.5) is 8.78 Å². The molecule has 11 heavy (non-hydrogen) atoms. The largest absolute Gasteiger partial charge is 0.215 e. The van der Waals surface area contributed by atoms with Gasteiger partial charge in [-0.3, -0.25) is 0 Å². The molecule has 3 heteroatoms. The molecule has 0 spiro atoms. The average molecular weight is 159 g/mol. The van der Waals surface area contributed by atoms with Crippen molar-refractivity contribution in [3.05, 3.63) is 29.6 Å². The Balaban J connectivity index is 0.000000461. The van der Waals surface area contributed by atoms with E-state index in [9.17, 15) is 8.78 Å². The maximum absolute atomic E-state index is 12.1. The number of hydrogen-bond donors (Lipinski definition) is 0. The van der Waals surface area contributed by atoms with Gasteiger partial charge in [0.1, 0.15) is 0 Å². The lowest BCUT2D eigenvalue weighted by Gasteiger charge is -1.90. The van der Waals surface area contributed by atoms with Gasteiger partial charge >= 0.3 is 0 Å². The molecule has 0 atom stereocenters. The maximum atomic E-state index is 12.1. The Labute approximate surface area is 65.1 Å². The molecule has 0 N–H and O–H groups in total. The topological polar surface area (TPSA) is 12.9 Å². The molecule has 0 radical (unpaired) electrons. The number of rotatable bonds is 0. The van der Waals surface area contributed by atoms with Crippen LogP contribution in [0.25, 0.3) is 0 Å². The van der Waals surface area contributed by atoms with Crippen LogP contribution in [0.15, 0.2) is 12.1 Å². The lowest BCUT2D eigenvalue weighted by Crippen LogP contribution is -1.87. The smallest absolute Gasteiger partial charge is 0.191 e. The number of aryl methyl sites for hydroxylation is 1. The van der Waals surface area contributed by atoms with Gasteiger partial charge in [-0.2, -0.15) is 13.8 Å². The van der Waals surface area contributed by atoms with Crippen LogP contribution < -0.4 is 0 Å². The predicted molar refractivity (Wildman–Crippen MR) is 40.2 cm³/mol. The van der Waals surface area contributed by atoms with Gasteiger partial charge in [0.05, 0.1) is 0 Å². The molecular weight excluding hydrogens is 148 g/mol. The number of pyridine rings is 1. The molecular formula is C8H11F2N. The first-order valence-electron chi connectivity index (χ1n) is 3.48. The van der Waals surface area contributed by atoms with Crippen molar-refractivity contribution in [1.82, 2.24) is 4.98 Å². The number of aromatic nitrogens is 1. The lowest BCUT2D eigenvalue weighted by atomic mass is 10.3. The highest BCUT2D eigenvalue weighted by molar-refractivity contribution is 5.08. The fourth-order valence-electron chi connectivity index (χ4n) is 0.584. The third kappa shape index (κ3) is 3.65. The number of nitrogens with zero attached hydrogens (tertiary/aromatic N) is 1. The molecule has 1 aromatic heterocycles. The van der Waals surface area contributed by atoms with Crippen molar-refractivity contribution in [3.63, 3.8) is 0 Å². The van der Waals surface area contributed by atoms with E-state index < -0.39 is 11.9 Å². The first-order valence-corrected chi connectivity index (χ1v) is 3.48. The van der Waals surface area contributed by atoms with Gasteiger partial charge in [-0.15, -0.1) is 0 Å². The van der Waals surface area contributed by atoms with Crippen molar-refractivity contribution in [2.75, 3.05) is 0 Å². The first-order chi connectivity index (χ1) is 5.18. The molecule has 1 heterocycles. The van der Waals surface area contributed by atoms with E-state index >= 15 is 0 Å². The minimum absolute atomic E-state index is 0.542. The summed E-state index contributed by atoms with van der Waals surface area (Å²) in [7, 11) is 0. The minimum atomic E-state index is -0.771. The summed E-state index contributed by atoms with van der Waals surface area (Å²) >= 11 is 0. The summed E-state index contributed by atoms with van der Waals surface area (Å²) in [6.45, 7) is 5.60. The zero-order chi connectivity index (χ0) is 8.85. The Morgan fingerprint density at radius 2 is 1.45 bits per heavy atom. The second kappa shape index (κ2) is 4.77. The molecule has 0 aliphatic carbocycles. The third-order valence-corrected chi connectivity index (χ3v) is 0.907. The monoisotopic (exact) mass is 159 g/mol. The molecule has 1 nitrogen and oxygen atoms in total. The van der Waals surface area contributed by atoms with Crippen LogP contribution in [-0.2, 0) is 0 Å². The quantitative estimate of drug-likeness (QED) is 0.530. The summed E-state index contributed by atoms with van der Waals surface area (Å²) in [6.07, 6.45) is 0. The molecule has 0 amide bonds. The van der Waals surface area contributed by atoms with Gasteiger partial charge in [-0.05, 0) is 24.6 Å². The van der Waals surface area contributed by atoms with E-state index in [-0.39, 0.29) is 0 Å². The maximum Gasteiger partial charge on any atom is 0.215 e. The lowest BCUT2D eigenvalue weighted by molar-refractivity contribution is 0.511. The Morgan fingerprint density at radius 3 is 1.73 bits per heavy atom. The van der Waals surface area contributed by atoms with E-state index in [1.165, 1.54) is 12.1 Å². The Bertz CT molecular complexity index is 173. The summed E-state index contributed by atoms with van der Waals surface area (Å²) in [6, 6.07) is 2.34. The molecule has 0 unspecified atom stereocenters. The Hall–Kier alpha value is -0.990. The summed E-state index contributed by atoms with van der Waals surface area (Å²) in [5, 5.41) is 0. The van der Waals surface area contributed by atoms with E-state index in [1.807, 2.05) is 13.8 Å². The van der Waals surface area contributed by atoms with E-state index in [2.05, 4.69) is 4.98 Å². The van der Waals surface area contributed by atoms with Crippen LogP contribution >= 0.6 is 0 Å². The SMILES string of the molecule is CC.Cc1cc(F)nc(F)c1. The molecule has 0 saturated heterocycles. The molecule has 62 valence electrons. The van der Waals surface area contributed by atoms with Crippen molar-refractivity contribution < 1.29 is 8.78 Å². The van der Waals surface area contributed by atoms with Crippen LogP contribution in [-0.4, -0.2) is 4.98 Å². The predicted octanol–water partition coefficient (Wildman–Crippen LogP) is 2.69. The summed E-state index contributed by atoms with van der Waals surface area (Å²) in [5.41, 5.74) is 0.542. The molecule has 1 aromatic rings. The van der Waals surface area contributed by atoms with Crippen LogP contribution in [0.1, 0.15) is 19.4 Å². The van der Waals surface area contributed by atoms with Crippen molar-refractivity contribution >= 4 is 0 Å². The zero-order valence-electron chi connectivity index (χ0n) is 6.86. The van der Waals surface area contributed by atoms with Crippen LogP contribution in [0.2, 0.25) is 0 Å². The molecule has 0 fully saturated rings. The number of hydrogen-bond acceptors (Lipinski definition) is 1. The van der Waals surface area contributed by atoms with Gasteiger partial charge in [-0.25, -0.2) is 0 Å². The van der Waals surface area contributed by atoms with Gasteiger partial charge in [0.2, 0.25) is 11.9 Å². The highest BCUT2D eigenvalue weighted by Crippen LogP contribution is 2.00. The van der Waals surface area contributed by atoms with Crippen molar-refractivity contribution in [1.29, 1.82) is 0 Å². The fourth-order valence-corrected chi connectivity index (χ4v) is 0.584. The van der Waals surface area contributed by atoms with E-state index in [1.54, 1.807) is 6.92 Å². The Kier molecular flexibility index (Phi) is 4.34. The molecule has 0 aromatic carbocycles. The summed E-state index contributed by atoms with van der Waals surface area (Å²) in [4.78, 5) is 2.90. The van der Waals surface area contributed by atoms with Crippen LogP contribution in [0, 0.1) is 18.8 Å². The fraction of sp³-hybridized carbons (Fsp3) is 0.375. The summed E-state index contributed by atoms with van der Waals surface area (Å²) < 4.78 is 24.2. The number of halogens is 2. The van der Waals surface area contributed by atoms with Gasteiger partial charge in [0, 0.05) is 0 Å². The van der Waals surface area contributed by atoms with Gasteiger partial charge in [0.15, 0.2) is 0 Å². The minimum Gasteiger partial charge on any atom is -0.191 e. The van der Waals surface area contributed by atoms with Gasteiger partial charge in [-0.1, -0.05) is 13.8 Å². The van der Waals surface area contributed by atoms with Crippen LogP contribution in [0.3, 0.4) is 0 Å². The molecule has 0 saturated carbocycles. The summed E-state index contributed by atoms with van der Waals surface area (Å²) in [5.74, 6) is -1.54. The van der Waals surface area contributed by atoms with E-state index in [4.69, 9.17) is 0 Å². The van der Waals surface area contributed by atoms with Gasteiger partial charge < -0.3 is 0 Å². The van der Waals surface area contributed by atoms with Crippen LogP contribution in [0.5, 0.6) is 0 Å². The van der Waals surface area contributed by atoms with Crippen molar-refractivity contribution in [2.45, 2.75) is 20.8 Å². The van der Waals surface area contributed by atoms with Gasteiger partial charge in [0.25, 0.3) is 0 Å². The molecule has 0 bridgehead atoms. The first kappa shape index (κ1) is 10.0. The van der Waals surface area contributed by atoms with E-state index in [0.29, 0.717) is 5.56 Å². The highest BCUT2D eigenvalue weighted by atomic mass is 19.1. The standard InChI is InChI=1S/C6H5F2N.C2H6/c1-4-2-5(7)9-6(8)3-4;1-2/h2-3H,1H3;1-2H3. The van der Waals surface area contributed by atoms with E-state index in [0.717, 1.165) is 0 Å².